The molecular formula is C19H22N2O3. The molecule has 1 aliphatic rings. The average Bonchev–Trinajstić information content (AvgIpc) is 3.10. The van der Waals surface area contributed by atoms with E-state index in [1.54, 1.807) is 37.4 Å². The van der Waals surface area contributed by atoms with E-state index in [9.17, 15) is 4.79 Å². The maximum absolute atomic E-state index is 12.4. The smallest absolute Gasteiger partial charge is 0.255 e. The van der Waals surface area contributed by atoms with Gasteiger partial charge >= 0.3 is 0 Å². The van der Waals surface area contributed by atoms with Crippen LogP contribution in [0.2, 0.25) is 0 Å². The first kappa shape index (κ1) is 16.2. The third-order valence-corrected chi connectivity index (χ3v) is 4.23. The number of nitrogen functional groups attached to an aromatic ring is 1. The maximum atomic E-state index is 12.4. The lowest BCUT2D eigenvalue weighted by Gasteiger charge is -2.16. The lowest BCUT2D eigenvalue weighted by molar-refractivity contribution is 0.102. The predicted octanol–water partition coefficient (Wildman–Crippen LogP) is 3.85. The van der Waals surface area contributed by atoms with Crippen LogP contribution in [-0.4, -0.2) is 19.1 Å². The Morgan fingerprint density at radius 3 is 2.58 bits per heavy atom. The van der Waals surface area contributed by atoms with E-state index in [1.807, 2.05) is 12.1 Å². The number of carbonyl (C=O) groups excluding carboxylic acids is 1. The van der Waals surface area contributed by atoms with Gasteiger partial charge in [0.2, 0.25) is 0 Å². The molecule has 1 fully saturated rings. The highest BCUT2D eigenvalue weighted by Crippen LogP contribution is 2.32. The largest absolute Gasteiger partial charge is 0.493 e. The van der Waals surface area contributed by atoms with Gasteiger partial charge in [0.25, 0.3) is 5.91 Å². The molecule has 0 saturated heterocycles. The van der Waals surface area contributed by atoms with Crippen molar-refractivity contribution in [3.8, 4) is 11.5 Å². The fourth-order valence-corrected chi connectivity index (χ4v) is 2.90. The Kier molecular flexibility index (Phi) is 4.89. The molecule has 126 valence electrons. The van der Waals surface area contributed by atoms with Crippen LogP contribution in [0.3, 0.4) is 0 Å². The number of ether oxygens (including phenoxy) is 2. The zero-order valence-electron chi connectivity index (χ0n) is 13.7. The van der Waals surface area contributed by atoms with Gasteiger partial charge in [0.1, 0.15) is 0 Å². The highest BCUT2D eigenvalue weighted by Gasteiger charge is 2.19. The highest BCUT2D eigenvalue weighted by atomic mass is 16.5. The van der Waals surface area contributed by atoms with E-state index in [4.69, 9.17) is 15.2 Å². The third kappa shape index (κ3) is 3.62. The number of methoxy groups -OCH3 is 1. The van der Waals surface area contributed by atoms with Crippen molar-refractivity contribution in [3.63, 3.8) is 0 Å². The van der Waals surface area contributed by atoms with Crippen molar-refractivity contribution in [1.29, 1.82) is 0 Å². The number of hydrogen-bond acceptors (Lipinski definition) is 4. The summed E-state index contributed by atoms with van der Waals surface area (Å²) < 4.78 is 11.4. The Hall–Kier alpha value is -2.69. The Morgan fingerprint density at radius 1 is 1.12 bits per heavy atom. The van der Waals surface area contributed by atoms with Crippen LogP contribution in [0.4, 0.5) is 11.4 Å². The topological polar surface area (TPSA) is 73.6 Å². The van der Waals surface area contributed by atoms with Gasteiger partial charge in [0.15, 0.2) is 11.5 Å². The minimum absolute atomic E-state index is 0.237. The first-order valence-corrected chi connectivity index (χ1v) is 8.18. The molecule has 2 aromatic rings. The standard InChI is InChI=1S/C19H22N2O3/c1-23-18-12-13(10-11-17(18)24-14-6-2-3-7-14)19(22)21-16-9-5-4-8-15(16)20/h4-5,8-12,14H,2-3,6-7,20H2,1H3,(H,21,22). The maximum Gasteiger partial charge on any atom is 0.255 e. The first-order chi connectivity index (χ1) is 11.7. The van der Waals surface area contributed by atoms with Gasteiger partial charge < -0.3 is 20.5 Å². The second-order valence-corrected chi connectivity index (χ2v) is 5.93. The van der Waals surface area contributed by atoms with Gasteiger partial charge in [-0.2, -0.15) is 0 Å². The molecule has 5 heteroatoms. The zero-order chi connectivity index (χ0) is 16.9. The van der Waals surface area contributed by atoms with E-state index in [-0.39, 0.29) is 12.0 Å². The average molecular weight is 326 g/mol. The van der Waals surface area contributed by atoms with Crippen LogP contribution in [-0.2, 0) is 0 Å². The van der Waals surface area contributed by atoms with Gasteiger partial charge in [-0.15, -0.1) is 0 Å². The van der Waals surface area contributed by atoms with Crippen molar-refractivity contribution >= 4 is 17.3 Å². The summed E-state index contributed by atoms with van der Waals surface area (Å²) >= 11 is 0. The first-order valence-electron chi connectivity index (χ1n) is 8.18. The lowest BCUT2D eigenvalue weighted by atomic mass is 10.1. The fraction of sp³-hybridized carbons (Fsp3) is 0.316. The van der Waals surface area contributed by atoms with E-state index in [0.717, 1.165) is 12.8 Å². The predicted molar refractivity (Wildman–Crippen MR) is 94.7 cm³/mol. The van der Waals surface area contributed by atoms with E-state index >= 15 is 0 Å². The summed E-state index contributed by atoms with van der Waals surface area (Å²) in [4.78, 5) is 12.4. The monoisotopic (exact) mass is 326 g/mol. The van der Waals surface area contributed by atoms with Crippen LogP contribution >= 0.6 is 0 Å². The Bertz CT molecular complexity index is 724. The molecule has 1 amide bonds. The summed E-state index contributed by atoms with van der Waals surface area (Å²) in [7, 11) is 1.58. The van der Waals surface area contributed by atoms with Crippen molar-refractivity contribution < 1.29 is 14.3 Å². The Morgan fingerprint density at radius 2 is 1.88 bits per heavy atom. The molecule has 0 spiro atoms. The molecule has 0 heterocycles. The molecule has 0 aliphatic heterocycles. The number of carbonyl (C=O) groups is 1. The van der Waals surface area contributed by atoms with Gasteiger partial charge in [-0.05, 0) is 56.0 Å². The van der Waals surface area contributed by atoms with Crippen molar-refractivity contribution in [2.45, 2.75) is 31.8 Å². The molecule has 1 aliphatic carbocycles. The second-order valence-electron chi connectivity index (χ2n) is 5.93. The number of para-hydroxylation sites is 2. The second kappa shape index (κ2) is 7.25. The highest BCUT2D eigenvalue weighted by molar-refractivity contribution is 6.06. The Labute approximate surface area is 141 Å². The molecule has 24 heavy (non-hydrogen) atoms. The summed E-state index contributed by atoms with van der Waals surface area (Å²) in [6.07, 6.45) is 4.78. The van der Waals surface area contributed by atoms with Gasteiger partial charge in [-0.3, -0.25) is 4.79 Å². The van der Waals surface area contributed by atoms with Crippen molar-refractivity contribution in [2.24, 2.45) is 0 Å². The van der Waals surface area contributed by atoms with Gasteiger partial charge in [-0.25, -0.2) is 0 Å². The minimum Gasteiger partial charge on any atom is -0.493 e. The van der Waals surface area contributed by atoms with E-state index in [2.05, 4.69) is 5.32 Å². The van der Waals surface area contributed by atoms with Crippen LogP contribution in [0.15, 0.2) is 42.5 Å². The van der Waals surface area contributed by atoms with E-state index in [0.29, 0.717) is 28.4 Å². The van der Waals surface area contributed by atoms with Crippen molar-refractivity contribution in [3.05, 3.63) is 48.0 Å². The fourth-order valence-electron chi connectivity index (χ4n) is 2.90. The van der Waals surface area contributed by atoms with Gasteiger partial charge in [0, 0.05) is 5.56 Å². The number of nitrogens with two attached hydrogens (primary N) is 1. The lowest BCUT2D eigenvalue weighted by Crippen LogP contribution is -2.14. The quantitative estimate of drug-likeness (QED) is 0.819. The molecule has 0 bridgehead atoms. The Balaban J connectivity index is 1.76. The van der Waals surface area contributed by atoms with Gasteiger partial charge in [-0.1, -0.05) is 12.1 Å². The molecule has 0 atom stereocenters. The SMILES string of the molecule is COc1cc(C(=O)Nc2ccccc2N)ccc1OC1CCCC1. The summed E-state index contributed by atoms with van der Waals surface area (Å²) in [5.74, 6) is 1.01. The molecular weight excluding hydrogens is 304 g/mol. The third-order valence-electron chi connectivity index (χ3n) is 4.23. The molecule has 0 unspecified atom stereocenters. The van der Waals surface area contributed by atoms with Crippen LogP contribution in [0.1, 0.15) is 36.0 Å². The minimum atomic E-state index is -0.237. The molecule has 0 radical (unpaired) electrons. The normalized spacial score (nSPS) is 14.4. The number of nitrogens with one attached hydrogen (secondary N) is 1. The van der Waals surface area contributed by atoms with Crippen LogP contribution in [0.5, 0.6) is 11.5 Å². The molecule has 5 nitrogen and oxygen atoms in total. The van der Waals surface area contributed by atoms with Gasteiger partial charge in [0.05, 0.1) is 24.6 Å². The summed E-state index contributed by atoms with van der Waals surface area (Å²) in [5.41, 5.74) is 7.47. The molecule has 0 aromatic heterocycles. The van der Waals surface area contributed by atoms with E-state index < -0.39 is 0 Å². The molecule has 2 aromatic carbocycles. The number of hydrogen-bond donors (Lipinski definition) is 2. The van der Waals surface area contributed by atoms with Crippen LogP contribution in [0, 0.1) is 0 Å². The van der Waals surface area contributed by atoms with Crippen LogP contribution in [0.25, 0.3) is 0 Å². The molecule has 1 saturated carbocycles. The molecule has 3 N–H and O–H groups in total. The summed E-state index contributed by atoms with van der Waals surface area (Å²) in [6, 6.07) is 12.4. The van der Waals surface area contributed by atoms with Crippen LogP contribution < -0.4 is 20.5 Å². The number of amides is 1. The number of benzene rings is 2. The number of anilines is 2. The summed E-state index contributed by atoms with van der Waals surface area (Å²) in [6.45, 7) is 0. The molecule has 3 rings (SSSR count). The van der Waals surface area contributed by atoms with Crippen molar-refractivity contribution in [2.75, 3.05) is 18.2 Å². The zero-order valence-corrected chi connectivity index (χ0v) is 13.7. The van der Waals surface area contributed by atoms with Crippen molar-refractivity contribution in [1.82, 2.24) is 0 Å². The summed E-state index contributed by atoms with van der Waals surface area (Å²) in [5, 5.41) is 2.81. The van der Waals surface area contributed by atoms with E-state index in [1.165, 1.54) is 12.8 Å². The number of rotatable bonds is 5.